The molecule has 0 unspecified atom stereocenters. The quantitative estimate of drug-likeness (QED) is 0.845. The van der Waals surface area contributed by atoms with Crippen molar-refractivity contribution >= 4 is 11.7 Å². The van der Waals surface area contributed by atoms with E-state index in [0.717, 1.165) is 24.3 Å². The van der Waals surface area contributed by atoms with Crippen LogP contribution in [0.15, 0.2) is 48.7 Å². The minimum absolute atomic E-state index is 0.172. The molecule has 0 radical (unpaired) electrons. The van der Waals surface area contributed by atoms with Gasteiger partial charge in [0.05, 0.1) is 5.56 Å². The Bertz CT molecular complexity index is 594. The van der Waals surface area contributed by atoms with Gasteiger partial charge in [-0.15, -0.1) is 0 Å². The minimum Gasteiger partial charge on any atom is -0.296 e. The molecule has 0 saturated heterocycles. The lowest BCUT2D eigenvalue weighted by Crippen LogP contribution is -2.27. The topological polar surface area (TPSA) is 33.2 Å². The van der Waals surface area contributed by atoms with Crippen LogP contribution < -0.4 is 4.90 Å². The minimum atomic E-state index is -4.41. The van der Waals surface area contributed by atoms with Crippen molar-refractivity contribution in [2.75, 3.05) is 11.9 Å². The zero-order valence-corrected chi connectivity index (χ0v) is 10.6. The van der Waals surface area contributed by atoms with Crippen LogP contribution in [0.1, 0.15) is 15.9 Å². The summed E-state index contributed by atoms with van der Waals surface area (Å²) in [5.74, 6) is 0.00909. The molecule has 3 nitrogen and oxygen atoms in total. The first-order chi connectivity index (χ1) is 9.39. The number of hydrogen-bond acceptors (Lipinski definition) is 2. The molecule has 0 spiro atoms. The molecule has 0 fully saturated rings. The standard InChI is InChI=1S/C14H11F3N2O/c1-19(12-4-2-3-9-18-12)13(20)10-5-7-11(8-6-10)14(15,16)17/h2-9H,1H3. The molecule has 0 aliphatic heterocycles. The average Bonchev–Trinajstić information content (AvgIpc) is 2.46. The number of anilines is 1. The number of carbonyl (C=O) groups is 1. The third-order valence-corrected chi connectivity index (χ3v) is 2.76. The lowest BCUT2D eigenvalue weighted by Gasteiger charge is -2.16. The Labute approximate surface area is 113 Å². The predicted molar refractivity (Wildman–Crippen MR) is 68.4 cm³/mol. The van der Waals surface area contributed by atoms with Crippen LogP contribution in [0.5, 0.6) is 0 Å². The van der Waals surface area contributed by atoms with Crippen LogP contribution in [0.4, 0.5) is 19.0 Å². The van der Waals surface area contributed by atoms with E-state index in [1.54, 1.807) is 18.2 Å². The van der Waals surface area contributed by atoms with Crippen LogP contribution in [0.25, 0.3) is 0 Å². The van der Waals surface area contributed by atoms with Gasteiger partial charge in [0.15, 0.2) is 0 Å². The number of nitrogens with zero attached hydrogens (tertiary/aromatic N) is 2. The molecule has 0 aliphatic rings. The highest BCUT2D eigenvalue weighted by molar-refractivity contribution is 6.05. The number of amides is 1. The Kier molecular flexibility index (Phi) is 3.74. The molecule has 1 heterocycles. The van der Waals surface area contributed by atoms with Crippen molar-refractivity contribution in [3.63, 3.8) is 0 Å². The van der Waals surface area contributed by atoms with Crippen LogP contribution in [-0.4, -0.2) is 17.9 Å². The van der Waals surface area contributed by atoms with Crippen LogP contribution >= 0.6 is 0 Å². The lowest BCUT2D eigenvalue weighted by atomic mass is 10.1. The van der Waals surface area contributed by atoms with Gasteiger partial charge in [0, 0.05) is 18.8 Å². The van der Waals surface area contributed by atoms with Crippen molar-refractivity contribution in [1.29, 1.82) is 0 Å². The first-order valence-electron chi connectivity index (χ1n) is 5.76. The first kappa shape index (κ1) is 14.0. The number of carbonyl (C=O) groups excluding carboxylic acids is 1. The molecule has 1 aromatic heterocycles. The molecular formula is C14H11F3N2O. The largest absolute Gasteiger partial charge is 0.416 e. The van der Waals surface area contributed by atoms with E-state index in [0.29, 0.717) is 5.82 Å². The van der Waals surface area contributed by atoms with E-state index in [4.69, 9.17) is 0 Å². The van der Waals surface area contributed by atoms with Crippen molar-refractivity contribution in [1.82, 2.24) is 4.98 Å². The van der Waals surface area contributed by atoms with Gasteiger partial charge in [-0.3, -0.25) is 9.69 Å². The molecule has 20 heavy (non-hydrogen) atoms. The van der Waals surface area contributed by atoms with Crippen molar-refractivity contribution in [3.05, 3.63) is 59.8 Å². The number of hydrogen-bond donors (Lipinski definition) is 0. The summed E-state index contributed by atoms with van der Waals surface area (Å²) in [5.41, 5.74) is -0.610. The van der Waals surface area contributed by atoms with E-state index in [1.807, 2.05) is 0 Å². The van der Waals surface area contributed by atoms with Crippen molar-refractivity contribution in [2.45, 2.75) is 6.18 Å². The molecule has 2 aromatic rings. The molecular weight excluding hydrogens is 269 g/mol. The zero-order valence-electron chi connectivity index (χ0n) is 10.6. The summed E-state index contributed by atoms with van der Waals surface area (Å²) in [7, 11) is 1.52. The highest BCUT2D eigenvalue weighted by atomic mass is 19.4. The maximum absolute atomic E-state index is 12.4. The monoisotopic (exact) mass is 280 g/mol. The fourth-order valence-electron chi connectivity index (χ4n) is 1.65. The normalized spacial score (nSPS) is 11.2. The number of alkyl halides is 3. The maximum Gasteiger partial charge on any atom is 0.416 e. The fourth-order valence-corrected chi connectivity index (χ4v) is 1.65. The summed E-state index contributed by atoms with van der Waals surface area (Å²) in [6.45, 7) is 0. The summed E-state index contributed by atoms with van der Waals surface area (Å²) in [6.07, 6.45) is -2.87. The van der Waals surface area contributed by atoms with E-state index in [9.17, 15) is 18.0 Å². The number of benzene rings is 1. The van der Waals surface area contributed by atoms with Gasteiger partial charge in [0.25, 0.3) is 5.91 Å². The third kappa shape index (κ3) is 2.96. The number of halogens is 3. The summed E-state index contributed by atoms with van der Waals surface area (Å²) >= 11 is 0. The van der Waals surface area contributed by atoms with E-state index in [2.05, 4.69) is 4.98 Å². The van der Waals surface area contributed by atoms with Gasteiger partial charge in [-0.05, 0) is 36.4 Å². The molecule has 6 heteroatoms. The van der Waals surface area contributed by atoms with E-state index in [-0.39, 0.29) is 5.56 Å². The second-order valence-corrected chi connectivity index (χ2v) is 4.13. The summed E-state index contributed by atoms with van der Waals surface area (Å²) in [6, 6.07) is 9.16. The first-order valence-corrected chi connectivity index (χ1v) is 5.76. The second kappa shape index (κ2) is 5.32. The highest BCUT2D eigenvalue weighted by Crippen LogP contribution is 2.29. The van der Waals surface area contributed by atoms with Gasteiger partial charge < -0.3 is 0 Å². The van der Waals surface area contributed by atoms with Crippen LogP contribution in [-0.2, 0) is 6.18 Å². The SMILES string of the molecule is CN(C(=O)c1ccc(C(F)(F)F)cc1)c1ccccn1. The maximum atomic E-state index is 12.4. The number of rotatable bonds is 2. The molecule has 0 saturated carbocycles. The predicted octanol–water partition coefficient (Wildman–Crippen LogP) is 3.38. The highest BCUT2D eigenvalue weighted by Gasteiger charge is 2.30. The Hall–Kier alpha value is -2.37. The molecule has 1 amide bonds. The Morgan fingerprint density at radius 1 is 1.10 bits per heavy atom. The Balaban J connectivity index is 2.22. The van der Waals surface area contributed by atoms with Gasteiger partial charge in [0.1, 0.15) is 5.82 Å². The molecule has 104 valence electrons. The van der Waals surface area contributed by atoms with E-state index < -0.39 is 17.6 Å². The average molecular weight is 280 g/mol. The number of aromatic nitrogens is 1. The van der Waals surface area contributed by atoms with Gasteiger partial charge in [0.2, 0.25) is 0 Å². The zero-order chi connectivity index (χ0) is 14.8. The summed E-state index contributed by atoms with van der Waals surface area (Å²) in [4.78, 5) is 17.4. The molecule has 1 aromatic carbocycles. The van der Waals surface area contributed by atoms with Gasteiger partial charge >= 0.3 is 6.18 Å². The van der Waals surface area contributed by atoms with Gasteiger partial charge in [-0.25, -0.2) is 4.98 Å². The molecule has 0 bridgehead atoms. The lowest BCUT2D eigenvalue weighted by molar-refractivity contribution is -0.137. The van der Waals surface area contributed by atoms with Crippen LogP contribution in [0.3, 0.4) is 0 Å². The van der Waals surface area contributed by atoms with E-state index in [1.165, 1.54) is 18.1 Å². The fraction of sp³-hybridized carbons (Fsp3) is 0.143. The summed E-state index contributed by atoms with van der Waals surface area (Å²) in [5, 5.41) is 0. The molecule has 0 atom stereocenters. The molecule has 2 rings (SSSR count). The molecule has 0 N–H and O–H groups in total. The Morgan fingerprint density at radius 2 is 1.75 bits per heavy atom. The van der Waals surface area contributed by atoms with Crippen molar-refractivity contribution in [2.24, 2.45) is 0 Å². The van der Waals surface area contributed by atoms with Crippen LogP contribution in [0.2, 0.25) is 0 Å². The Morgan fingerprint density at radius 3 is 2.25 bits per heavy atom. The number of pyridine rings is 1. The van der Waals surface area contributed by atoms with Crippen LogP contribution in [0, 0.1) is 0 Å². The van der Waals surface area contributed by atoms with Gasteiger partial charge in [-0.2, -0.15) is 13.2 Å². The van der Waals surface area contributed by atoms with Gasteiger partial charge in [-0.1, -0.05) is 6.07 Å². The van der Waals surface area contributed by atoms with E-state index >= 15 is 0 Å². The summed E-state index contributed by atoms with van der Waals surface area (Å²) < 4.78 is 37.3. The molecule has 0 aliphatic carbocycles. The second-order valence-electron chi connectivity index (χ2n) is 4.13. The van der Waals surface area contributed by atoms with Crippen molar-refractivity contribution < 1.29 is 18.0 Å². The third-order valence-electron chi connectivity index (χ3n) is 2.76. The smallest absolute Gasteiger partial charge is 0.296 e. The van der Waals surface area contributed by atoms with Crippen molar-refractivity contribution in [3.8, 4) is 0 Å².